The Balaban J connectivity index is 0.00000162. The minimum atomic E-state index is 0. The van der Waals surface area contributed by atoms with Crippen LogP contribution in [0.1, 0.15) is 5.56 Å². The summed E-state index contributed by atoms with van der Waals surface area (Å²) < 4.78 is 0. The molecule has 0 fully saturated rings. The first-order valence-electron chi connectivity index (χ1n) is 5.57. The van der Waals surface area contributed by atoms with Crippen LogP contribution in [0.2, 0.25) is 0 Å². The monoisotopic (exact) mass is 360 g/mol. The van der Waals surface area contributed by atoms with Gasteiger partial charge < -0.3 is 16.0 Å². The second kappa shape index (κ2) is 6.58. The number of nitrogens with one attached hydrogen (secondary N) is 1. The quantitative estimate of drug-likeness (QED) is 0.464. The third-order valence-corrected chi connectivity index (χ3v) is 2.85. The highest BCUT2D eigenvalue weighted by molar-refractivity contribution is 14.0. The molecule has 0 aromatic heterocycles. The fourth-order valence-corrected chi connectivity index (χ4v) is 1.94. The number of nitrogens with two attached hydrogens (primary N) is 1. The number of aliphatic imine (C=N–C) groups is 1. The van der Waals surface area contributed by atoms with Gasteiger partial charge in [-0.25, -0.2) is 0 Å². The molecule has 1 amide bonds. The molecular formula is C12H17IN4O. The second-order valence-corrected chi connectivity index (χ2v) is 3.89. The first-order chi connectivity index (χ1) is 8.22. The van der Waals surface area contributed by atoms with Crippen LogP contribution in [0.3, 0.4) is 0 Å². The number of anilines is 1. The van der Waals surface area contributed by atoms with Crippen LogP contribution in [-0.2, 0) is 11.2 Å². The average molecular weight is 360 g/mol. The first-order valence-corrected chi connectivity index (χ1v) is 5.57. The molecule has 0 bridgehead atoms. The van der Waals surface area contributed by atoms with E-state index in [1.807, 2.05) is 18.2 Å². The van der Waals surface area contributed by atoms with Gasteiger partial charge in [0, 0.05) is 19.3 Å². The molecule has 0 spiro atoms. The number of hydrogen-bond acceptors (Lipinski definition) is 2. The third kappa shape index (κ3) is 3.12. The van der Waals surface area contributed by atoms with Crippen molar-refractivity contribution in [1.29, 1.82) is 0 Å². The van der Waals surface area contributed by atoms with Crippen LogP contribution in [0.25, 0.3) is 0 Å². The van der Waals surface area contributed by atoms with E-state index in [0.29, 0.717) is 0 Å². The fraction of sp³-hybridized carbons (Fsp3) is 0.333. The number of halogens is 1. The van der Waals surface area contributed by atoms with Crippen molar-refractivity contribution in [1.82, 2.24) is 5.32 Å². The first kappa shape index (κ1) is 14.7. The summed E-state index contributed by atoms with van der Waals surface area (Å²) in [4.78, 5) is 17.5. The lowest BCUT2D eigenvalue weighted by Gasteiger charge is -2.17. The summed E-state index contributed by atoms with van der Waals surface area (Å²) in [7, 11) is 1.58. The number of nitrogens with zero attached hydrogens (tertiary/aromatic N) is 2. The molecule has 3 N–H and O–H groups in total. The van der Waals surface area contributed by atoms with Gasteiger partial charge in [-0.1, -0.05) is 18.2 Å². The van der Waals surface area contributed by atoms with E-state index < -0.39 is 0 Å². The van der Waals surface area contributed by atoms with Crippen LogP contribution in [0.4, 0.5) is 5.69 Å². The molecule has 0 unspecified atom stereocenters. The van der Waals surface area contributed by atoms with Crippen molar-refractivity contribution < 1.29 is 4.79 Å². The van der Waals surface area contributed by atoms with Crippen molar-refractivity contribution in [3.63, 3.8) is 0 Å². The van der Waals surface area contributed by atoms with Crippen LogP contribution in [0.5, 0.6) is 0 Å². The second-order valence-electron chi connectivity index (χ2n) is 3.89. The van der Waals surface area contributed by atoms with E-state index >= 15 is 0 Å². The van der Waals surface area contributed by atoms with Gasteiger partial charge in [0.05, 0.1) is 6.54 Å². The maximum Gasteiger partial charge on any atom is 0.246 e. The summed E-state index contributed by atoms with van der Waals surface area (Å²) in [6.07, 6.45) is 0.916. The van der Waals surface area contributed by atoms with Crippen molar-refractivity contribution >= 4 is 41.5 Å². The van der Waals surface area contributed by atoms with Crippen LogP contribution >= 0.6 is 24.0 Å². The van der Waals surface area contributed by atoms with Gasteiger partial charge in [-0.2, -0.15) is 0 Å². The lowest BCUT2D eigenvalue weighted by atomic mass is 10.2. The zero-order valence-electron chi connectivity index (χ0n) is 10.2. The van der Waals surface area contributed by atoms with Crippen molar-refractivity contribution in [2.75, 3.05) is 25.0 Å². The van der Waals surface area contributed by atoms with E-state index in [2.05, 4.69) is 16.4 Å². The lowest BCUT2D eigenvalue weighted by molar-refractivity contribution is -0.117. The molecule has 0 saturated heterocycles. The SMILES string of the molecule is CN=C(N)NCC(=O)N1CCc2ccccc21.I. The molecule has 6 heteroatoms. The zero-order valence-corrected chi connectivity index (χ0v) is 12.5. The van der Waals surface area contributed by atoms with Crippen molar-refractivity contribution in [2.45, 2.75) is 6.42 Å². The van der Waals surface area contributed by atoms with Crippen molar-refractivity contribution in [3.8, 4) is 0 Å². The van der Waals surface area contributed by atoms with E-state index in [9.17, 15) is 4.79 Å². The number of benzene rings is 1. The molecule has 0 atom stereocenters. The number of carbonyl (C=O) groups excluding carboxylic acids is 1. The molecular weight excluding hydrogens is 343 g/mol. The minimum absolute atomic E-state index is 0. The van der Waals surface area contributed by atoms with Crippen molar-refractivity contribution in [2.24, 2.45) is 10.7 Å². The zero-order chi connectivity index (χ0) is 12.3. The Labute approximate surface area is 123 Å². The molecule has 0 saturated carbocycles. The van der Waals surface area contributed by atoms with E-state index in [1.165, 1.54) is 5.56 Å². The molecule has 98 valence electrons. The highest BCUT2D eigenvalue weighted by Gasteiger charge is 2.23. The minimum Gasteiger partial charge on any atom is -0.370 e. The third-order valence-electron chi connectivity index (χ3n) is 2.85. The molecule has 18 heavy (non-hydrogen) atoms. The van der Waals surface area contributed by atoms with Crippen LogP contribution < -0.4 is 16.0 Å². The summed E-state index contributed by atoms with van der Waals surface area (Å²) in [5.74, 6) is 0.299. The molecule has 1 aliphatic heterocycles. The van der Waals surface area contributed by atoms with Gasteiger partial charge in [0.25, 0.3) is 0 Å². The van der Waals surface area contributed by atoms with E-state index in [1.54, 1.807) is 11.9 Å². The van der Waals surface area contributed by atoms with Gasteiger partial charge in [-0.15, -0.1) is 24.0 Å². The number of guanidine groups is 1. The lowest BCUT2D eigenvalue weighted by Crippen LogP contribution is -2.42. The maximum absolute atomic E-state index is 12.0. The van der Waals surface area contributed by atoms with Gasteiger partial charge in [0.2, 0.25) is 5.91 Å². The predicted molar refractivity (Wildman–Crippen MR) is 83.5 cm³/mol. The molecule has 5 nitrogen and oxygen atoms in total. The number of rotatable bonds is 2. The van der Waals surface area contributed by atoms with E-state index in [0.717, 1.165) is 18.7 Å². The Morgan fingerprint density at radius 3 is 2.94 bits per heavy atom. The molecule has 1 aromatic rings. The molecule has 2 rings (SSSR count). The summed E-state index contributed by atoms with van der Waals surface area (Å²) in [5, 5.41) is 2.78. The number of amides is 1. The standard InChI is InChI=1S/C12H16N4O.HI/c1-14-12(13)15-8-11(17)16-7-6-9-4-2-3-5-10(9)16;/h2-5H,6-8H2,1H3,(H3,13,14,15);1H. The van der Waals surface area contributed by atoms with Gasteiger partial charge in [0.1, 0.15) is 0 Å². The number of fused-ring (bicyclic) bond motifs is 1. The molecule has 0 aliphatic carbocycles. The Hall–Kier alpha value is -1.31. The van der Waals surface area contributed by atoms with Crippen LogP contribution in [-0.4, -0.2) is 32.0 Å². The Morgan fingerprint density at radius 1 is 1.50 bits per heavy atom. The largest absolute Gasteiger partial charge is 0.370 e. The summed E-state index contributed by atoms with van der Waals surface area (Å²) in [5.41, 5.74) is 7.71. The van der Waals surface area contributed by atoms with E-state index in [4.69, 9.17) is 5.73 Å². The van der Waals surface area contributed by atoms with Gasteiger partial charge in [-0.05, 0) is 18.1 Å². The number of carbonyl (C=O) groups is 1. The molecule has 0 radical (unpaired) electrons. The highest BCUT2D eigenvalue weighted by Crippen LogP contribution is 2.27. The predicted octanol–water partition coefficient (Wildman–Crippen LogP) is 0.728. The Kier molecular flexibility index (Phi) is 5.39. The Bertz CT molecular complexity index is 461. The van der Waals surface area contributed by atoms with Gasteiger partial charge in [0.15, 0.2) is 5.96 Å². The molecule has 1 aromatic carbocycles. The van der Waals surface area contributed by atoms with Crippen LogP contribution in [0, 0.1) is 0 Å². The van der Waals surface area contributed by atoms with Gasteiger partial charge >= 0.3 is 0 Å². The number of para-hydroxylation sites is 1. The number of hydrogen-bond donors (Lipinski definition) is 2. The highest BCUT2D eigenvalue weighted by atomic mass is 127. The maximum atomic E-state index is 12.0. The van der Waals surface area contributed by atoms with Crippen molar-refractivity contribution in [3.05, 3.63) is 29.8 Å². The summed E-state index contributed by atoms with van der Waals surface area (Å²) >= 11 is 0. The molecule has 1 heterocycles. The molecule has 1 aliphatic rings. The van der Waals surface area contributed by atoms with Gasteiger partial charge in [-0.3, -0.25) is 9.79 Å². The van der Waals surface area contributed by atoms with E-state index in [-0.39, 0.29) is 42.4 Å². The smallest absolute Gasteiger partial charge is 0.246 e. The van der Waals surface area contributed by atoms with Crippen LogP contribution in [0.15, 0.2) is 29.3 Å². The average Bonchev–Trinajstić information content (AvgIpc) is 2.79. The normalized spacial score (nSPS) is 13.8. The topological polar surface area (TPSA) is 70.7 Å². The summed E-state index contributed by atoms with van der Waals surface area (Å²) in [6.45, 7) is 0.917. The Morgan fingerprint density at radius 2 is 2.22 bits per heavy atom. The fourth-order valence-electron chi connectivity index (χ4n) is 1.94. The summed E-state index contributed by atoms with van der Waals surface area (Å²) in [6, 6.07) is 7.96.